The van der Waals surface area contributed by atoms with Crippen LogP contribution in [0.15, 0.2) is 21.9 Å². The van der Waals surface area contributed by atoms with Crippen molar-refractivity contribution in [2.24, 2.45) is 5.92 Å². The Morgan fingerprint density at radius 2 is 2.06 bits per heavy atom. The largest absolute Gasteiger partial charge is 0.330 e. The highest BCUT2D eigenvalue weighted by molar-refractivity contribution is 4.86. The summed E-state index contributed by atoms with van der Waals surface area (Å²) in [4.78, 5) is 23.7. The van der Waals surface area contributed by atoms with Gasteiger partial charge in [-0.3, -0.25) is 9.36 Å². The number of aryl methyl sites for hydroxylation is 1. The Morgan fingerprint density at radius 1 is 1.33 bits per heavy atom. The van der Waals surface area contributed by atoms with Crippen molar-refractivity contribution in [3.8, 4) is 0 Å². The van der Waals surface area contributed by atoms with E-state index < -0.39 is 0 Å². The second kappa shape index (κ2) is 6.00. The fourth-order valence-electron chi connectivity index (χ4n) is 2.49. The number of hydrogen-bond acceptors (Lipinski definition) is 3. The number of rotatable bonds is 4. The summed E-state index contributed by atoms with van der Waals surface area (Å²) in [6.45, 7) is 5.15. The maximum Gasteiger partial charge on any atom is 0.330 e. The number of hydrogen-bond donors (Lipinski definition) is 1. The Kier molecular flexibility index (Phi) is 4.36. The van der Waals surface area contributed by atoms with E-state index in [0.29, 0.717) is 19.0 Å². The molecule has 2 heterocycles. The van der Waals surface area contributed by atoms with Gasteiger partial charge < -0.3 is 9.88 Å². The van der Waals surface area contributed by atoms with Gasteiger partial charge in [-0.1, -0.05) is 0 Å². The van der Waals surface area contributed by atoms with Gasteiger partial charge >= 0.3 is 5.69 Å². The molecule has 0 unspecified atom stereocenters. The van der Waals surface area contributed by atoms with Crippen LogP contribution in [0.2, 0.25) is 0 Å². The highest BCUT2D eigenvalue weighted by Gasteiger charge is 2.14. The summed E-state index contributed by atoms with van der Waals surface area (Å²) in [5, 5.41) is 3.32. The Morgan fingerprint density at radius 3 is 2.72 bits per heavy atom. The van der Waals surface area contributed by atoms with Crippen molar-refractivity contribution < 1.29 is 0 Å². The van der Waals surface area contributed by atoms with Crippen LogP contribution in [0.5, 0.6) is 0 Å². The van der Waals surface area contributed by atoms with Gasteiger partial charge in [-0.15, -0.1) is 0 Å². The summed E-state index contributed by atoms with van der Waals surface area (Å²) in [6, 6.07) is 1.48. The molecule has 0 spiro atoms. The lowest BCUT2D eigenvalue weighted by Crippen LogP contribution is -2.39. The average Bonchev–Trinajstić information content (AvgIpc) is 2.40. The van der Waals surface area contributed by atoms with E-state index in [2.05, 4.69) is 5.32 Å². The summed E-state index contributed by atoms with van der Waals surface area (Å²) >= 11 is 0. The molecule has 2 rings (SSSR count). The Hall–Kier alpha value is -1.36. The fourth-order valence-corrected chi connectivity index (χ4v) is 2.49. The predicted octanol–water partition coefficient (Wildman–Crippen LogP) is 0.420. The normalized spacial score (nSPS) is 16.9. The first kappa shape index (κ1) is 13.1. The molecule has 0 aromatic carbocycles. The first-order chi connectivity index (χ1) is 8.72. The first-order valence-electron chi connectivity index (χ1n) is 6.73. The summed E-state index contributed by atoms with van der Waals surface area (Å²) in [6.07, 6.45) is 4.78. The van der Waals surface area contributed by atoms with Crippen molar-refractivity contribution >= 4 is 0 Å². The van der Waals surface area contributed by atoms with Crippen molar-refractivity contribution in [3.05, 3.63) is 33.1 Å². The van der Waals surface area contributed by atoms with Gasteiger partial charge in [-0.25, -0.2) is 4.79 Å². The second-order valence-corrected chi connectivity index (χ2v) is 4.86. The number of piperidine rings is 1. The molecule has 1 aromatic heterocycles. The maximum absolute atomic E-state index is 12.0. The summed E-state index contributed by atoms with van der Waals surface area (Å²) in [5.74, 6) is 0.632. The fraction of sp³-hybridized carbons (Fsp3) is 0.692. The Labute approximate surface area is 106 Å². The zero-order valence-electron chi connectivity index (χ0n) is 10.9. The van der Waals surface area contributed by atoms with Crippen molar-refractivity contribution in [3.63, 3.8) is 0 Å². The number of nitrogens with one attached hydrogen (secondary N) is 1. The molecule has 0 radical (unpaired) electrons. The lowest BCUT2D eigenvalue weighted by Gasteiger charge is -2.22. The monoisotopic (exact) mass is 251 g/mol. The van der Waals surface area contributed by atoms with E-state index in [1.807, 2.05) is 6.92 Å². The zero-order valence-corrected chi connectivity index (χ0v) is 10.9. The molecule has 1 N–H and O–H groups in total. The lowest BCUT2D eigenvalue weighted by molar-refractivity contribution is 0.332. The van der Waals surface area contributed by atoms with Gasteiger partial charge in [-0.2, -0.15) is 0 Å². The average molecular weight is 251 g/mol. The van der Waals surface area contributed by atoms with E-state index in [0.717, 1.165) is 32.4 Å². The number of aromatic nitrogens is 2. The Balaban J connectivity index is 2.08. The molecule has 0 aliphatic carbocycles. The molecule has 0 atom stereocenters. The quantitative estimate of drug-likeness (QED) is 0.844. The molecule has 1 aromatic rings. The molecule has 1 aliphatic heterocycles. The minimum Gasteiger partial charge on any atom is -0.317 e. The minimum atomic E-state index is -0.182. The first-order valence-corrected chi connectivity index (χ1v) is 6.73. The highest BCUT2D eigenvalue weighted by atomic mass is 16.2. The van der Waals surface area contributed by atoms with Gasteiger partial charge in [0.05, 0.1) is 0 Å². The Bertz CT molecular complexity index is 498. The van der Waals surface area contributed by atoms with Crippen LogP contribution in [0.4, 0.5) is 0 Å². The summed E-state index contributed by atoms with van der Waals surface area (Å²) < 4.78 is 2.94. The maximum atomic E-state index is 12.0. The van der Waals surface area contributed by atoms with Crippen LogP contribution in [-0.4, -0.2) is 22.2 Å². The molecule has 18 heavy (non-hydrogen) atoms. The third kappa shape index (κ3) is 2.90. The molecule has 1 aliphatic rings. The van der Waals surface area contributed by atoms with Crippen LogP contribution >= 0.6 is 0 Å². The molecule has 1 fully saturated rings. The van der Waals surface area contributed by atoms with Gasteiger partial charge in [0.25, 0.3) is 5.56 Å². The standard InChI is InChI=1S/C13H21N3O2/c1-2-15-9-6-12(17)16(13(15)18)10-5-11-3-7-14-8-4-11/h6,9,11,14H,2-5,7-8,10H2,1H3. The SMILES string of the molecule is CCn1ccc(=O)n(CCC2CCNCC2)c1=O. The molecule has 0 bridgehead atoms. The third-order valence-electron chi connectivity index (χ3n) is 3.70. The van der Waals surface area contributed by atoms with Gasteiger partial charge in [0.15, 0.2) is 0 Å². The third-order valence-corrected chi connectivity index (χ3v) is 3.70. The number of nitrogens with zero attached hydrogens (tertiary/aromatic N) is 2. The van der Waals surface area contributed by atoms with Crippen molar-refractivity contribution in [1.29, 1.82) is 0 Å². The van der Waals surface area contributed by atoms with Crippen LogP contribution in [0, 0.1) is 5.92 Å². The van der Waals surface area contributed by atoms with Crippen LogP contribution in [-0.2, 0) is 13.1 Å². The van der Waals surface area contributed by atoms with E-state index in [9.17, 15) is 9.59 Å². The van der Waals surface area contributed by atoms with Crippen LogP contribution < -0.4 is 16.6 Å². The predicted molar refractivity (Wildman–Crippen MR) is 70.8 cm³/mol. The smallest absolute Gasteiger partial charge is 0.317 e. The lowest BCUT2D eigenvalue weighted by atomic mass is 9.95. The minimum absolute atomic E-state index is 0.182. The van der Waals surface area contributed by atoms with Crippen molar-refractivity contribution in [1.82, 2.24) is 14.5 Å². The van der Waals surface area contributed by atoms with Crippen LogP contribution in [0.25, 0.3) is 0 Å². The van der Waals surface area contributed by atoms with Crippen LogP contribution in [0.1, 0.15) is 26.2 Å². The molecule has 100 valence electrons. The van der Waals surface area contributed by atoms with Gasteiger partial charge in [0, 0.05) is 25.4 Å². The topological polar surface area (TPSA) is 56.0 Å². The molecule has 1 saturated heterocycles. The van der Waals surface area contributed by atoms with E-state index in [1.54, 1.807) is 10.8 Å². The molecular formula is C13H21N3O2. The highest BCUT2D eigenvalue weighted by Crippen LogP contribution is 2.15. The van der Waals surface area contributed by atoms with E-state index in [-0.39, 0.29) is 11.2 Å². The zero-order chi connectivity index (χ0) is 13.0. The van der Waals surface area contributed by atoms with E-state index in [4.69, 9.17) is 0 Å². The van der Waals surface area contributed by atoms with Gasteiger partial charge in [-0.05, 0) is 45.2 Å². The van der Waals surface area contributed by atoms with Crippen molar-refractivity contribution in [2.75, 3.05) is 13.1 Å². The van der Waals surface area contributed by atoms with Gasteiger partial charge in [0.2, 0.25) is 0 Å². The van der Waals surface area contributed by atoms with E-state index in [1.165, 1.54) is 10.6 Å². The molecular weight excluding hydrogens is 230 g/mol. The van der Waals surface area contributed by atoms with Gasteiger partial charge in [0.1, 0.15) is 0 Å². The molecule has 5 nitrogen and oxygen atoms in total. The second-order valence-electron chi connectivity index (χ2n) is 4.86. The summed E-state index contributed by atoms with van der Waals surface area (Å²) in [7, 11) is 0. The molecule has 0 amide bonds. The summed E-state index contributed by atoms with van der Waals surface area (Å²) in [5.41, 5.74) is -0.363. The molecule has 5 heteroatoms. The molecule has 0 saturated carbocycles. The van der Waals surface area contributed by atoms with Crippen molar-refractivity contribution in [2.45, 2.75) is 39.3 Å². The van der Waals surface area contributed by atoms with Crippen LogP contribution in [0.3, 0.4) is 0 Å². The van der Waals surface area contributed by atoms with E-state index >= 15 is 0 Å².